The van der Waals surface area contributed by atoms with E-state index >= 15 is 0 Å². The molecular weight excluding hydrogens is 394 g/mol. The Morgan fingerprint density at radius 3 is 2.43 bits per heavy atom. The van der Waals surface area contributed by atoms with E-state index in [0.29, 0.717) is 17.5 Å². The number of carboxylic acid groups (broad SMARTS) is 2. The molecule has 1 aliphatic carbocycles. The van der Waals surface area contributed by atoms with Crippen LogP contribution in [-0.2, 0) is 9.59 Å². The summed E-state index contributed by atoms with van der Waals surface area (Å²) in [5, 5.41) is 24.4. The van der Waals surface area contributed by atoms with Gasteiger partial charge in [0.05, 0.1) is 24.8 Å². The summed E-state index contributed by atoms with van der Waals surface area (Å²) in [7, 11) is 0. The molecule has 2 fully saturated rings. The number of H-pyrrole nitrogens is 1. The topological polar surface area (TPSA) is 170 Å². The molecule has 1 aliphatic heterocycles. The maximum Gasteiger partial charge on any atom is 0.290 e. The van der Waals surface area contributed by atoms with Crippen LogP contribution >= 0.6 is 0 Å². The average Bonchev–Trinajstić information content (AvgIpc) is 3.48. The average molecular weight is 417 g/mol. The summed E-state index contributed by atoms with van der Waals surface area (Å²) < 4.78 is 2.04. The maximum atomic E-state index is 10.6. The molecule has 12 heteroatoms. The predicted octanol–water partition coefficient (Wildman–Crippen LogP) is 0.399. The molecular formula is C18H23N7O5. The number of imidazole rings is 2. The standard InChI is InChI=1S/C16H19N7O.2CH2O2/c24-13-4-11-6-23(16-14-15(19-7-18-14)20-8-21-16)5-10(11)3-12(13)22-2-1-17-9-22;2*2-1-3/h1-2,7-13,24H,3-6H2,(H,18,19,20,21);2*1H,(H,2,3)/t10-,11+,12-,13-;;/m1../s1. The summed E-state index contributed by atoms with van der Waals surface area (Å²) in [6.07, 6.45) is 10.2. The highest BCUT2D eigenvalue weighted by molar-refractivity contribution is 5.82. The smallest absolute Gasteiger partial charge is 0.290 e. The van der Waals surface area contributed by atoms with E-state index in [1.807, 2.05) is 10.8 Å². The molecule has 4 atom stereocenters. The molecule has 0 amide bonds. The molecule has 0 spiro atoms. The van der Waals surface area contributed by atoms with Gasteiger partial charge in [-0.1, -0.05) is 0 Å². The molecule has 1 saturated heterocycles. The van der Waals surface area contributed by atoms with Gasteiger partial charge in [-0.2, -0.15) is 0 Å². The van der Waals surface area contributed by atoms with Gasteiger partial charge in [0.25, 0.3) is 12.9 Å². The summed E-state index contributed by atoms with van der Waals surface area (Å²) in [6.45, 7) is 1.37. The zero-order chi connectivity index (χ0) is 21.5. The van der Waals surface area contributed by atoms with E-state index in [1.54, 1.807) is 25.2 Å². The lowest BCUT2D eigenvalue weighted by Gasteiger charge is -2.35. The van der Waals surface area contributed by atoms with Crippen LogP contribution in [0.2, 0.25) is 0 Å². The zero-order valence-corrected chi connectivity index (χ0v) is 16.0. The first-order valence-corrected chi connectivity index (χ1v) is 9.33. The molecule has 0 aromatic carbocycles. The molecule has 3 aromatic rings. The van der Waals surface area contributed by atoms with Gasteiger partial charge in [0.1, 0.15) is 11.8 Å². The highest BCUT2D eigenvalue weighted by atomic mass is 16.3. The fourth-order valence-corrected chi connectivity index (χ4v) is 4.36. The van der Waals surface area contributed by atoms with E-state index in [9.17, 15) is 5.11 Å². The van der Waals surface area contributed by atoms with Gasteiger partial charge in [-0.05, 0) is 24.7 Å². The van der Waals surface area contributed by atoms with Gasteiger partial charge in [-0.15, -0.1) is 0 Å². The zero-order valence-electron chi connectivity index (χ0n) is 16.0. The minimum Gasteiger partial charge on any atom is -0.483 e. The number of rotatable bonds is 2. The summed E-state index contributed by atoms with van der Waals surface area (Å²) in [5.41, 5.74) is 1.59. The van der Waals surface area contributed by atoms with Crippen molar-refractivity contribution in [3.8, 4) is 0 Å². The van der Waals surface area contributed by atoms with Crippen molar-refractivity contribution in [2.24, 2.45) is 11.8 Å². The Hall–Kier alpha value is -3.54. The number of aliphatic hydroxyl groups excluding tert-OH is 1. The van der Waals surface area contributed by atoms with Crippen LogP contribution in [0.3, 0.4) is 0 Å². The summed E-state index contributed by atoms with van der Waals surface area (Å²) in [5.74, 6) is 1.96. The van der Waals surface area contributed by atoms with Crippen LogP contribution in [0.1, 0.15) is 18.9 Å². The Balaban J connectivity index is 0.000000385. The lowest BCUT2D eigenvalue weighted by molar-refractivity contribution is -0.123. The van der Waals surface area contributed by atoms with E-state index in [1.165, 1.54) is 0 Å². The number of hydrogen-bond acceptors (Lipinski definition) is 8. The van der Waals surface area contributed by atoms with Gasteiger partial charge >= 0.3 is 0 Å². The summed E-state index contributed by atoms with van der Waals surface area (Å²) in [6, 6.07) is 0.117. The first-order chi connectivity index (χ1) is 14.6. The molecule has 4 N–H and O–H groups in total. The van der Waals surface area contributed by atoms with Crippen molar-refractivity contribution < 1.29 is 24.9 Å². The molecule has 1 saturated carbocycles. The Kier molecular flexibility index (Phi) is 6.91. The fourth-order valence-electron chi connectivity index (χ4n) is 4.36. The van der Waals surface area contributed by atoms with Crippen molar-refractivity contribution in [1.29, 1.82) is 0 Å². The third-order valence-corrected chi connectivity index (χ3v) is 5.52. The first kappa shape index (κ1) is 21.2. The molecule has 0 radical (unpaired) electrons. The molecule has 5 rings (SSSR count). The lowest BCUT2D eigenvalue weighted by Crippen LogP contribution is -2.35. The van der Waals surface area contributed by atoms with Crippen LogP contribution in [0.25, 0.3) is 11.2 Å². The first-order valence-electron chi connectivity index (χ1n) is 9.33. The molecule has 160 valence electrons. The number of nitrogens with zero attached hydrogens (tertiary/aromatic N) is 6. The van der Waals surface area contributed by atoms with Crippen molar-refractivity contribution in [3.05, 3.63) is 31.4 Å². The second kappa shape index (κ2) is 9.78. The molecule has 2 aliphatic rings. The lowest BCUT2D eigenvalue weighted by atomic mass is 9.77. The van der Waals surface area contributed by atoms with Gasteiger partial charge in [-0.3, -0.25) is 9.59 Å². The minimum absolute atomic E-state index is 0.117. The molecule has 0 unspecified atom stereocenters. The van der Waals surface area contributed by atoms with Crippen LogP contribution in [0, 0.1) is 11.8 Å². The summed E-state index contributed by atoms with van der Waals surface area (Å²) in [4.78, 5) is 39.2. The molecule has 0 bridgehead atoms. The number of carbonyl (C=O) groups is 2. The minimum atomic E-state index is -0.321. The Labute approximate surface area is 171 Å². The summed E-state index contributed by atoms with van der Waals surface area (Å²) >= 11 is 0. The number of aliphatic hydroxyl groups is 1. The number of aromatic nitrogens is 6. The highest BCUT2D eigenvalue weighted by Crippen LogP contribution is 2.42. The van der Waals surface area contributed by atoms with Gasteiger partial charge in [-0.25, -0.2) is 19.9 Å². The van der Waals surface area contributed by atoms with Crippen LogP contribution in [-0.4, -0.2) is 76.9 Å². The second-order valence-electron chi connectivity index (χ2n) is 7.05. The number of aromatic amines is 1. The van der Waals surface area contributed by atoms with Crippen LogP contribution in [0.15, 0.2) is 31.4 Å². The largest absolute Gasteiger partial charge is 0.483 e. The quantitative estimate of drug-likeness (QED) is 0.428. The second-order valence-corrected chi connectivity index (χ2v) is 7.05. The monoisotopic (exact) mass is 417 g/mol. The molecule has 4 heterocycles. The van der Waals surface area contributed by atoms with E-state index < -0.39 is 0 Å². The normalized spacial score (nSPS) is 24.8. The molecule has 12 nitrogen and oxygen atoms in total. The van der Waals surface area contributed by atoms with Crippen molar-refractivity contribution in [2.45, 2.75) is 25.0 Å². The van der Waals surface area contributed by atoms with Crippen molar-refractivity contribution >= 4 is 29.9 Å². The number of nitrogens with one attached hydrogen (secondary N) is 1. The van der Waals surface area contributed by atoms with Crippen molar-refractivity contribution in [1.82, 2.24) is 29.5 Å². The van der Waals surface area contributed by atoms with E-state index in [2.05, 4.69) is 29.8 Å². The van der Waals surface area contributed by atoms with Gasteiger partial charge < -0.3 is 29.8 Å². The van der Waals surface area contributed by atoms with Crippen molar-refractivity contribution in [3.63, 3.8) is 0 Å². The number of anilines is 1. The molecule has 30 heavy (non-hydrogen) atoms. The van der Waals surface area contributed by atoms with Gasteiger partial charge in [0, 0.05) is 25.5 Å². The van der Waals surface area contributed by atoms with E-state index in [0.717, 1.165) is 37.3 Å². The van der Waals surface area contributed by atoms with Gasteiger partial charge in [0.2, 0.25) is 0 Å². The van der Waals surface area contributed by atoms with Crippen LogP contribution in [0.4, 0.5) is 5.82 Å². The maximum absolute atomic E-state index is 10.6. The highest BCUT2D eigenvalue weighted by Gasteiger charge is 2.43. The Morgan fingerprint density at radius 1 is 1.07 bits per heavy atom. The van der Waals surface area contributed by atoms with Crippen LogP contribution in [0.5, 0.6) is 0 Å². The third-order valence-electron chi connectivity index (χ3n) is 5.52. The van der Waals surface area contributed by atoms with Gasteiger partial charge in [0.15, 0.2) is 11.5 Å². The predicted molar refractivity (Wildman–Crippen MR) is 105 cm³/mol. The van der Waals surface area contributed by atoms with E-state index in [-0.39, 0.29) is 25.1 Å². The Bertz CT molecular complexity index is 941. The molecule has 3 aromatic heterocycles. The SMILES string of the molecule is O=CO.O=CO.O[C@@H]1C[C@H]2CN(c3ncnc4nc[nH]c34)C[C@H]2C[C@H]1n1ccnc1. The van der Waals surface area contributed by atoms with E-state index in [4.69, 9.17) is 19.8 Å². The van der Waals surface area contributed by atoms with Crippen LogP contribution < -0.4 is 4.90 Å². The Morgan fingerprint density at radius 2 is 1.77 bits per heavy atom. The fraction of sp³-hybridized carbons (Fsp3) is 0.444. The van der Waals surface area contributed by atoms with Crippen molar-refractivity contribution in [2.75, 3.05) is 18.0 Å². The number of fused-ring (bicyclic) bond motifs is 2. The number of hydrogen-bond donors (Lipinski definition) is 4. The third kappa shape index (κ3) is 4.38.